The summed E-state index contributed by atoms with van der Waals surface area (Å²) in [5.74, 6) is -0.275. The summed E-state index contributed by atoms with van der Waals surface area (Å²) < 4.78 is 4.86. The predicted molar refractivity (Wildman–Crippen MR) is 65.7 cm³/mol. The number of esters is 1. The minimum Gasteiger partial charge on any atom is -0.469 e. The molecule has 0 aliphatic rings. The third-order valence-electron chi connectivity index (χ3n) is 2.98. The topological polar surface area (TPSA) is 26.3 Å². The summed E-state index contributed by atoms with van der Waals surface area (Å²) in [4.78, 5) is 11.7. The van der Waals surface area contributed by atoms with Gasteiger partial charge in [-0.1, -0.05) is 24.6 Å². The van der Waals surface area contributed by atoms with Gasteiger partial charge in [-0.3, -0.25) is 4.79 Å². The van der Waals surface area contributed by atoms with E-state index in [-0.39, 0.29) is 11.9 Å². The molecule has 0 fully saturated rings. The molecule has 0 aliphatic carbocycles. The quantitative estimate of drug-likeness (QED) is 0.731. The Labute approximate surface area is 97.6 Å². The van der Waals surface area contributed by atoms with E-state index >= 15 is 0 Å². The van der Waals surface area contributed by atoms with Crippen LogP contribution in [-0.2, 0) is 9.53 Å². The van der Waals surface area contributed by atoms with Crippen LogP contribution in [-0.4, -0.2) is 13.1 Å². The van der Waals surface area contributed by atoms with E-state index in [0.717, 1.165) is 12.0 Å². The molecule has 1 rings (SSSR count). The zero-order valence-electron chi connectivity index (χ0n) is 10.8. The highest BCUT2D eigenvalue weighted by atomic mass is 16.5. The van der Waals surface area contributed by atoms with Crippen LogP contribution >= 0.6 is 0 Å². The Kier molecular flexibility index (Phi) is 4.11. The molecular formula is C14H20O2. The maximum absolute atomic E-state index is 11.7. The molecular weight excluding hydrogens is 200 g/mol. The molecule has 0 amide bonds. The van der Waals surface area contributed by atoms with Gasteiger partial charge in [-0.15, -0.1) is 0 Å². The molecule has 0 heterocycles. The minimum absolute atomic E-state index is 0.134. The summed E-state index contributed by atoms with van der Waals surface area (Å²) in [5, 5.41) is 0. The van der Waals surface area contributed by atoms with E-state index in [1.54, 1.807) is 0 Å². The van der Waals surface area contributed by atoms with Gasteiger partial charge in [-0.05, 0) is 43.9 Å². The first-order chi connectivity index (χ1) is 7.51. The second kappa shape index (κ2) is 5.15. The average molecular weight is 220 g/mol. The number of benzene rings is 1. The molecule has 1 atom stereocenters. The van der Waals surface area contributed by atoms with Gasteiger partial charge in [0.2, 0.25) is 0 Å². The van der Waals surface area contributed by atoms with Crippen molar-refractivity contribution in [1.82, 2.24) is 0 Å². The Bertz CT molecular complexity index is 371. The summed E-state index contributed by atoms with van der Waals surface area (Å²) >= 11 is 0. The van der Waals surface area contributed by atoms with Crippen molar-refractivity contribution in [2.24, 2.45) is 0 Å². The zero-order chi connectivity index (χ0) is 12.3. The largest absolute Gasteiger partial charge is 0.469 e. The molecule has 0 radical (unpaired) electrons. The van der Waals surface area contributed by atoms with E-state index in [2.05, 4.69) is 32.9 Å². The predicted octanol–water partition coefficient (Wildman–Crippen LogP) is 3.28. The summed E-state index contributed by atoms with van der Waals surface area (Å²) in [6.07, 6.45) is 0.775. The molecule has 1 aromatic rings. The van der Waals surface area contributed by atoms with Crippen molar-refractivity contribution in [2.45, 2.75) is 40.0 Å². The summed E-state index contributed by atoms with van der Waals surface area (Å²) in [6, 6.07) is 4.24. The molecule has 16 heavy (non-hydrogen) atoms. The van der Waals surface area contributed by atoms with Gasteiger partial charge in [-0.25, -0.2) is 0 Å². The number of rotatable bonds is 3. The summed E-state index contributed by atoms with van der Waals surface area (Å²) in [6.45, 7) is 8.20. The number of hydrogen-bond donors (Lipinski definition) is 0. The third-order valence-corrected chi connectivity index (χ3v) is 2.98. The van der Waals surface area contributed by atoms with Crippen LogP contribution in [0.3, 0.4) is 0 Å². The lowest BCUT2D eigenvalue weighted by Crippen LogP contribution is -2.16. The van der Waals surface area contributed by atoms with Crippen LogP contribution in [0, 0.1) is 20.8 Å². The van der Waals surface area contributed by atoms with Crippen molar-refractivity contribution < 1.29 is 9.53 Å². The maximum atomic E-state index is 11.7. The van der Waals surface area contributed by atoms with Crippen LogP contribution in [0.1, 0.15) is 41.5 Å². The molecule has 0 aromatic heterocycles. The van der Waals surface area contributed by atoms with Crippen LogP contribution < -0.4 is 0 Å². The molecule has 1 unspecified atom stereocenters. The Balaban J connectivity index is 3.25. The zero-order valence-corrected chi connectivity index (χ0v) is 10.8. The van der Waals surface area contributed by atoms with Crippen molar-refractivity contribution in [3.05, 3.63) is 34.4 Å². The molecule has 1 aromatic carbocycles. The van der Waals surface area contributed by atoms with Gasteiger partial charge in [0.25, 0.3) is 0 Å². The first kappa shape index (κ1) is 12.8. The minimum atomic E-state index is -0.141. The summed E-state index contributed by atoms with van der Waals surface area (Å²) in [7, 11) is 1.45. The number of aryl methyl sites for hydroxylation is 3. The van der Waals surface area contributed by atoms with Crippen LogP contribution in [0.15, 0.2) is 12.1 Å². The van der Waals surface area contributed by atoms with E-state index in [1.807, 2.05) is 6.92 Å². The molecule has 88 valence electrons. The fourth-order valence-corrected chi connectivity index (χ4v) is 2.37. The molecule has 0 aliphatic heterocycles. The second-order valence-electron chi connectivity index (χ2n) is 4.30. The number of ether oxygens (including phenoxy) is 1. The average Bonchev–Trinajstić information content (AvgIpc) is 2.22. The van der Waals surface area contributed by atoms with E-state index in [0.29, 0.717) is 0 Å². The third kappa shape index (κ3) is 2.43. The van der Waals surface area contributed by atoms with E-state index in [9.17, 15) is 4.79 Å². The first-order valence-corrected chi connectivity index (χ1v) is 5.66. The van der Waals surface area contributed by atoms with Gasteiger partial charge in [0.15, 0.2) is 0 Å². The van der Waals surface area contributed by atoms with Crippen LogP contribution in [0.25, 0.3) is 0 Å². The van der Waals surface area contributed by atoms with E-state index in [4.69, 9.17) is 4.74 Å². The van der Waals surface area contributed by atoms with Crippen molar-refractivity contribution in [2.75, 3.05) is 7.11 Å². The van der Waals surface area contributed by atoms with E-state index < -0.39 is 0 Å². The normalized spacial score (nSPS) is 12.3. The maximum Gasteiger partial charge on any atom is 0.313 e. The molecule has 2 nitrogen and oxygen atoms in total. The fraction of sp³-hybridized carbons (Fsp3) is 0.500. The molecule has 0 saturated carbocycles. The van der Waals surface area contributed by atoms with Gasteiger partial charge in [0.1, 0.15) is 0 Å². The Morgan fingerprint density at radius 2 is 1.75 bits per heavy atom. The SMILES string of the molecule is CCC(C(=O)OC)c1c(C)cc(C)cc1C. The fourth-order valence-electron chi connectivity index (χ4n) is 2.37. The molecule has 0 saturated heterocycles. The van der Waals surface area contributed by atoms with Crippen molar-refractivity contribution in [1.29, 1.82) is 0 Å². The number of methoxy groups -OCH3 is 1. The Morgan fingerprint density at radius 1 is 1.25 bits per heavy atom. The molecule has 2 heteroatoms. The van der Waals surface area contributed by atoms with Gasteiger partial charge in [0.05, 0.1) is 13.0 Å². The van der Waals surface area contributed by atoms with Crippen LogP contribution in [0.5, 0.6) is 0 Å². The molecule has 0 N–H and O–H groups in total. The van der Waals surface area contributed by atoms with Gasteiger partial charge >= 0.3 is 5.97 Å². The van der Waals surface area contributed by atoms with Gasteiger partial charge in [0, 0.05) is 0 Å². The standard InChI is InChI=1S/C14H20O2/c1-6-12(14(15)16-5)13-10(3)7-9(2)8-11(13)4/h7-8,12H,6H2,1-5H3. The molecule has 0 spiro atoms. The monoisotopic (exact) mass is 220 g/mol. The lowest BCUT2D eigenvalue weighted by Gasteiger charge is -2.18. The van der Waals surface area contributed by atoms with Crippen LogP contribution in [0.2, 0.25) is 0 Å². The summed E-state index contributed by atoms with van der Waals surface area (Å²) in [5.41, 5.74) is 4.71. The number of hydrogen-bond acceptors (Lipinski definition) is 2. The Hall–Kier alpha value is -1.31. The van der Waals surface area contributed by atoms with Crippen molar-refractivity contribution in [3.8, 4) is 0 Å². The molecule has 0 bridgehead atoms. The van der Waals surface area contributed by atoms with Gasteiger partial charge in [-0.2, -0.15) is 0 Å². The number of carbonyl (C=O) groups is 1. The van der Waals surface area contributed by atoms with Crippen LogP contribution in [0.4, 0.5) is 0 Å². The van der Waals surface area contributed by atoms with E-state index in [1.165, 1.54) is 23.8 Å². The lowest BCUT2D eigenvalue weighted by molar-refractivity contribution is -0.142. The lowest BCUT2D eigenvalue weighted by atomic mass is 9.88. The highest BCUT2D eigenvalue weighted by Crippen LogP contribution is 2.28. The van der Waals surface area contributed by atoms with Crippen molar-refractivity contribution in [3.63, 3.8) is 0 Å². The van der Waals surface area contributed by atoms with Crippen molar-refractivity contribution >= 4 is 5.97 Å². The smallest absolute Gasteiger partial charge is 0.313 e. The second-order valence-corrected chi connectivity index (χ2v) is 4.30. The number of carbonyl (C=O) groups excluding carboxylic acids is 1. The van der Waals surface area contributed by atoms with Gasteiger partial charge < -0.3 is 4.74 Å². The highest BCUT2D eigenvalue weighted by Gasteiger charge is 2.22. The Morgan fingerprint density at radius 3 is 2.12 bits per heavy atom. The highest BCUT2D eigenvalue weighted by molar-refractivity contribution is 5.79. The first-order valence-electron chi connectivity index (χ1n) is 5.66.